The van der Waals surface area contributed by atoms with Crippen LogP contribution in [-0.4, -0.2) is 47.2 Å². The largest absolute Gasteiger partial charge is 0.493 e. The number of benzene rings is 1. The van der Waals surface area contributed by atoms with Gasteiger partial charge in [-0.3, -0.25) is 4.79 Å². The summed E-state index contributed by atoms with van der Waals surface area (Å²) >= 11 is 0. The SMILES string of the molecule is COc1nc(C(=O)c2cccc(OCCCOCCC(C)(C)[Si+]C)c2)ccc1C1CC1. The van der Waals surface area contributed by atoms with Crippen LogP contribution in [0.1, 0.15) is 67.1 Å². The van der Waals surface area contributed by atoms with Crippen LogP contribution >= 0.6 is 0 Å². The Bertz CT molecular complexity index is 880. The molecule has 1 aromatic heterocycles. The maximum atomic E-state index is 12.9. The molecule has 3 rings (SSSR count). The van der Waals surface area contributed by atoms with Crippen molar-refractivity contribution in [3.05, 3.63) is 53.2 Å². The summed E-state index contributed by atoms with van der Waals surface area (Å²) in [6.45, 7) is 8.81. The predicted octanol–water partition coefficient (Wildman–Crippen LogP) is 5.33. The Hall–Kier alpha value is -2.18. The molecule has 0 N–H and O–H groups in total. The van der Waals surface area contributed by atoms with Crippen molar-refractivity contribution in [3.63, 3.8) is 0 Å². The van der Waals surface area contributed by atoms with Crippen LogP contribution in [0.2, 0.25) is 11.6 Å². The molecule has 0 aliphatic heterocycles. The van der Waals surface area contributed by atoms with E-state index in [-0.39, 0.29) is 5.78 Å². The zero-order valence-corrected chi connectivity index (χ0v) is 20.1. The van der Waals surface area contributed by atoms with E-state index < -0.39 is 0 Å². The highest BCUT2D eigenvalue weighted by Crippen LogP contribution is 2.43. The number of ketones is 1. The zero-order chi connectivity index (χ0) is 22.3. The molecule has 1 aliphatic carbocycles. The van der Waals surface area contributed by atoms with Gasteiger partial charge >= 0.3 is 9.52 Å². The van der Waals surface area contributed by atoms with Crippen LogP contribution in [0.5, 0.6) is 11.6 Å². The first-order valence-corrected chi connectivity index (χ1v) is 12.5. The van der Waals surface area contributed by atoms with Crippen molar-refractivity contribution in [2.45, 2.75) is 57.0 Å². The Labute approximate surface area is 188 Å². The predicted molar refractivity (Wildman–Crippen MR) is 124 cm³/mol. The third kappa shape index (κ3) is 6.91. The number of ether oxygens (including phenoxy) is 3. The summed E-state index contributed by atoms with van der Waals surface area (Å²) in [6.07, 6.45) is 4.21. The van der Waals surface area contributed by atoms with Gasteiger partial charge in [-0.25, -0.2) is 4.98 Å². The molecule has 0 spiro atoms. The Morgan fingerprint density at radius 3 is 2.68 bits per heavy atom. The molecule has 6 heteroatoms. The van der Waals surface area contributed by atoms with Crippen LogP contribution in [0, 0.1) is 0 Å². The van der Waals surface area contributed by atoms with E-state index in [1.165, 1.54) is 0 Å². The molecule has 0 bridgehead atoms. The van der Waals surface area contributed by atoms with Crippen molar-refractivity contribution in [1.82, 2.24) is 4.98 Å². The first-order valence-electron chi connectivity index (χ1n) is 11.0. The minimum atomic E-state index is -0.131. The fourth-order valence-corrected chi connectivity index (χ4v) is 3.58. The number of carbonyl (C=O) groups is 1. The molecule has 5 nitrogen and oxygen atoms in total. The molecule has 1 heterocycles. The van der Waals surface area contributed by atoms with E-state index in [0.29, 0.717) is 47.1 Å². The molecular formula is C25H33NO4Si+. The molecular weight excluding hydrogens is 406 g/mol. The standard InChI is InChI=1S/C25H33NO4Si/c1-25(2,31-4)13-16-29-14-6-15-30-20-8-5-7-19(17-20)23(27)22-12-11-21(18-9-10-18)24(26-22)28-3/h5,7-8,11-12,17-18H,6,9-10,13-16H2,1-4H3/q+1. The van der Waals surface area contributed by atoms with E-state index in [0.717, 1.165) is 47.4 Å². The maximum Gasteiger partial charge on any atom is 0.483 e. The summed E-state index contributed by atoms with van der Waals surface area (Å²) in [7, 11) is 2.52. The van der Waals surface area contributed by atoms with Gasteiger partial charge in [0.25, 0.3) is 0 Å². The van der Waals surface area contributed by atoms with Crippen LogP contribution in [0.15, 0.2) is 36.4 Å². The van der Waals surface area contributed by atoms with Gasteiger partial charge in [0.1, 0.15) is 16.5 Å². The molecule has 0 unspecified atom stereocenters. The number of hydrogen-bond donors (Lipinski definition) is 0. The summed E-state index contributed by atoms with van der Waals surface area (Å²) in [5.74, 6) is 1.63. The van der Waals surface area contributed by atoms with Crippen LogP contribution in [0.4, 0.5) is 0 Å². The van der Waals surface area contributed by atoms with E-state index in [2.05, 4.69) is 25.4 Å². The molecule has 0 saturated heterocycles. The number of rotatable bonds is 13. The van der Waals surface area contributed by atoms with Crippen LogP contribution in [0.3, 0.4) is 0 Å². The number of pyridine rings is 1. The molecule has 0 amide bonds. The van der Waals surface area contributed by atoms with Crippen molar-refractivity contribution in [3.8, 4) is 11.6 Å². The molecule has 1 saturated carbocycles. The second-order valence-corrected chi connectivity index (χ2v) is 10.5. The summed E-state index contributed by atoms with van der Waals surface area (Å²) in [6, 6.07) is 11.0. The van der Waals surface area contributed by atoms with Gasteiger partial charge in [0, 0.05) is 37.2 Å². The van der Waals surface area contributed by atoms with Gasteiger partial charge in [-0.2, -0.15) is 0 Å². The van der Waals surface area contributed by atoms with Crippen LogP contribution in [-0.2, 0) is 4.74 Å². The van der Waals surface area contributed by atoms with Crippen LogP contribution < -0.4 is 9.47 Å². The third-order valence-corrected chi connectivity index (χ3v) is 7.28. The van der Waals surface area contributed by atoms with Gasteiger partial charge in [0.15, 0.2) is 0 Å². The zero-order valence-electron chi connectivity index (χ0n) is 19.1. The lowest BCUT2D eigenvalue weighted by molar-refractivity contribution is 0.103. The average molecular weight is 440 g/mol. The first kappa shape index (κ1) is 23.5. The van der Waals surface area contributed by atoms with E-state index >= 15 is 0 Å². The van der Waals surface area contributed by atoms with Crippen molar-refractivity contribution in [2.24, 2.45) is 0 Å². The lowest BCUT2D eigenvalue weighted by atomic mass is 10.1. The highest BCUT2D eigenvalue weighted by molar-refractivity contribution is 6.37. The highest BCUT2D eigenvalue weighted by Gasteiger charge is 2.30. The smallest absolute Gasteiger partial charge is 0.483 e. The summed E-state index contributed by atoms with van der Waals surface area (Å²) in [4.78, 5) is 17.4. The Balaban J connectivity index is 1.49. The lowest BCUT2D eigenvalue weighted by Gasteiger charge is -2.12. The van der Waals surface area contributed by atoms with Gasteiger partial charge in [-0.05, 0) is 50.8 Å². The number of carbonyl (C=O) groups excluding carboxylic acids is 1. The average Bonchev–Trinajstić information content (AvgIpc) is 3.63. The molecule has 165 valence electrons. The topological polar surface area (TPSA) is 57.7 Å². The fraction of sp³-hybridized carbons (Fsp3) is 0.520. The number of nitrogens with zero attached hydrogens (tertiary/aromatic N) is 1. The van der Waals surface area contributed by atoms with Gasteiger partial charge in [0.05, 0.1) is 20.3 Å². The Morgan fingerprint density at radius 1 is 1.16 bits per heavy atom. The van der Waals surface area contributed by atoms with E-state index in [4.69, 9.17) is 14.2 Å². The lowest BCUT2D eigenvalue weighted by Crippen LogP contribution is -2.13. The monoisotopic (exact) mass is 439 g/mol. The number of hydrogen-bond acceptors (Lipinski definition) is 5. The Kier molecular flexibility index (Phi) is 8.26. The van der Waals surface area contributed by atoms with E-state index in [1.54, 1.807) is 25.3 Å². The first-order chi connectivity index (χ1) is 14.9. The minimum absolute atomic E-state index is 0.131. The number of aromatic nitrogens is 1. The molecule has 1 aromatic carbocycles. The summed E-state index contributed by atoms with van der Waals surface area (Å²) < 4.78 is 17.0. The summed E-state index contributed by atoms with van der Waals surface area (Å²) in [5.41, 5.74) is 2.05. The molecule has 0 atom stereocenters. The molecule has 1 aliphatic rings. The van der Waals surface area contributed by atoms with E-state index in [9.17, 15) is 4.79 Å². The second kappa shape index (κ2) is 10.9. The van der Waals surface area contributed by atoms with Gasteiger partial charge < -0.3 is 14.2 Å². The van der Waals surface area contributed by atoms with Crippen molar-refractivity contribution >= 4 is 15.3 Å². The molecule has 1 radical (unpaired) electrons. The van der Waals surface area contributed by atoms with Gasteiger partial charge in [-0.15, -0.1) is 0 Å². The maximum absolute atomic E-state index is 12.9. The molecule has 1 fully saturated rings. The quantitative estimate of drug-likeness (QED) is 0.240. The van der Waals surface area contributed by atoms with Gasteiger partial charge in [0.2, 0.25) is 11.7 Å². The van der Waals surface area contributed by atoms with Crippen molar-refractivity contribution < 1.29 is 19.0 Å². The fourth-order valence-electron chi connectivity index (χ4n) is 3.23. The minimum Gasteiger partial charge on any atom is -0.493 e. The third-order valence-electron chi connectivity index (χ3n) is 5.68. The second-order valence-electron chi connectivity index (χ2n) is 8.62. The molecule has 31 heavy (non-hydrogen) atoms. The van der Waals surface area contributed by atoms with E-state index in [1.807, 2.05) is 18.2 Å². The Morgan fingerprint density at radius 2 is 1.97 bits per heavy atom. The highest BCUT2D eigenvalue weighted by atomic mass is 28.2. The van der Waals surface area contributed by atoms with Crippen molar-refractivity contribution in [1.29, 1.82) is 0 Å². The normalized spacial score (nSPS) is 13.7. The van der Waals surface area contributed by atoms with Crippen LogP contribution in [0.25, 0.3) is 0 Å². The van der Waals surface area contributed by atoms with Gasteiger partial charge in [-0.1, -0.05) is 18.2 Å². The number of methoxy groups -OCH3 is 1. The van der Waals surface area contributed by atoms with Crippen molar-refractivity contribution in [2.75, 3.05) is 26.9 Å². The summed E-state index contributed by atoms with van der Waals surface area (Å²) in [5, 5.41) is 0.362. The molecule has 2 aromatic rings.